The van der Waals surface area contributed by atoms with Crippen LogP contribution < -0.4 is 16.0 Å². The Labute approximate surface area is 495 Å². The minimum Gasteiger partial charge on any atom is -0.459 e. The second-order valence-electron chi connectivity index (χ2n) is 23.9. The molecule has 0 unspecified atom stereocenters. The predicted octanol–water partition coefficient (Wildman–Crippen LogP) is 5.26. The molecule has 2 bridgehead atoms. The number of cyclic esters (lactones) is 1. The fourth-order valence-electron chi connectivity index (χ4n) is 12.2. The lowest BCUT2D eigenvalue weighted by atomic mass is 9.80. The maximum atomic E-state index is 14.6. The summed E-state index contributed by atoms with van der Waals surface area (Å²) in [5.74, 6) is -8.02. The number of esters is 1. The van der Waals surface area contributed by atoms with Gasteiger partial charge in [0.1, 0.15) is 36.2 Å². The van der Waals surface area contributed by atoms with E-state index in [1.165, 1.54) is 14.2 Å². The van der Waals surface area contributed by atoms with Gasteiger partial charge in [0.2, 0.25) is 17.6 Å². The first-order valence-electron chi connectivity index (χ1n) is 30.0. The number of hydrogen-bond acceptors (Lipinski definition) is 19. The number of amides is 3. The van der Waals surface area contributed by atoms with E-state index >= 15 is 0 Å². The summed E-state index contributed by atoms with van der Waals surface area (Å²) in [6.45, 7) is 14.7. The molecule has 3 saturated heterocycles. The van der Waals surface area contributed by atoms with Gasteiger partial charge in [-0.05, 0) is 101 Å². The summed E-state index contributed by atoms with van der Waals surface area (Å²) in [6.07, 6.45) is 11.6. The molecule has 466 valence electrons. The van der Waals surface area contributed by atoms with Crippen LogP contribution in [0.1, 0.15) is 131 Å². The van der Waals surface area contributed by atoms with E-state index in [-0.39, 0.29) is 68.1 Å². The van der Waals surface area contributed by atoms with Crippen molar-refractivity contribution in [1.29, 1.82) is 0 Å². The Morgan fingerprint density at radius 3 is 2.23 bits per heavy atom. The minimum absolute atomic E-state index is 0.0183. The van der Waals surface area contributed by atoms with E-state index in [0.29, 0.717) is 94.6 Å². The number of nitrogens with two attached hydrogens (primary N) is 1. The summed E-state index contributed by atoms with van der Waals surface area (Å²) in [7, 11) is 4.44. The zero-order chi connectivity index (χ0) is 61.4. The highest BCUT2D eigenvalue weighted by molar-refractivity contribution is 6.39. The fourth-order valence-corrected chi connectivity index (χ4v) is 12.2. The third kappa shape index (κ3) is 17.9. The third-order valence-corrected chi connectivity index (χ3v) is 17.6. The minimum atomic E-state index is -2.49. The number of ketones is 3. The Morgan fingerprint density at radius 1 is 0.845 bits per heavy atom. The molecule has 5 aliphatic rings. The summed E-state index contributed by atoms with van der Waals surface area (Å²) < 4.78 is 35.6. The highest BCUT2D eigenvalue weighted by atomic mass is 16.6. The molecule has 4 aliphatic heterocycles. The van der Waals surface area contributed by atoms with Gasteiger partial charge in [-0.25, -0.2) is 19.6 Å². The van der Waals surface area contributed by atoms with Crippen LogP contribution in [0.3, 0.4) is 0 Å². The number of piperazine rings is 1. The highest BCUT2D eigenvalue weighted by Gasteiger charge is 2.53. The quantitative estimate of drug-likeness (QED) is 0.132. The Kier molecular flexibility index (Phi) is 25.3. The average molecular weight is 1180 g/mol. The Hall–Kier alpha value is -5.75. The van der Waals surface area contributed by atoms with Gasteiger partial charge >= 0.3 is 12.1 Å². The van der Waals surface area contributed by atoms with E-state index in [4.69, 9.17) is 34.2 Å². The van der Waals surface area contributed by atoms with Crippen molar-refractivity contribution in [3.05, 3.63) is 65.6 Å². The maximum absolute atomic E-state index is 14.6. The third-order valence-electron chi connectivity index (χ3n) is 17.6. The van der Waals surface area contributed by atoms with E-state index in [0.717, 1.165) is 10.5 Å². The van der Waals surface area contributed by atoms with Crippen LogP contribution in [0.2, 0.25) is 0 Å². The van der Waals surface area contributed by atoms with Crippen LogP contribution in [0.5, 0.6) is 0 Å². The summed E-state index contributed by atoms with van der Waals surface area (Å²) in [5.41, 5.74) is 8.86. The number of methoxy groups -OCH3 is 3. The topological polar surface area (TPSA) is 289 Å². The van der Waals surface area contributed by atoms with Crippen LogP contribution in [-0.4, -0.2) is 186 Å². The molecular weight excluding hydrogens is 1080 g/mol. The lowest BCUT2D eigenvalue weighted by Gasteiger charge is -2.42. The van der Waals surface area contributed by atoms with Crippen molar-refractivity contribution in [2.75, 3.05) is 59.0 Å². The Bertz CT molecular complexity index is 2550. The van der Waals surface area contributed by atoms with Gasteiger partial charge in [-0.2, -0.15) is 0 Å². The molecule has 0 spiro atoms. The number of alkyl carbamates (subject to hydrolysis) is 1. The number of aliphatic hydroxyl groups excluding tert-OH is 1. The fraction of sp³-hybridized carbons (Fsp3) is 0.694. The highest BCUT2D eigenvalue weighted by Crippen LogP contribution is 2.38. The average Bonchev–Trinajstić information content (AvgIpc) is 1.91. The van der Waals surface area contributed by atoms with Crippen molar-refractivity contribution in [2.24, 2.45) is 35.3 Å². The number of carbonyl (C=O) groups excluding carboxylic acids is 7. The number of allylic oxidation sites excluding steroid dienone is 6. The molecule has 5 N–H and O–H groups in total. The van der Waals surface area contributed by atoms with Crippen molar-refractivity contribution in [2.45, 2.75) is 193 Å². The Balaban J connectivity index is 1.19. The molecule has 0 radical (unpaired) electrons. The first kappa shape index (κ1) is 67.4. The molecule has 6 rings (SSSR count). The van der Waals surface area contributed by atoms with Gasteiger partial charge in [-0.3, -0.25) is 24.0 Å². The van der Waals surface area contributed by atoms with Gasteiger partial charge in [0.25, 0.3) is 11.7 Å². The van der Waals surface area contributed by atoms with Crippen molar-refractivity contribution < 1.29 is 72.2 Å². The van der Waals surface area contributed by atoms with Crippen LogP contribution in [-0.2, 0) is 63.7 Å². The molecule has 22 heteroatoms. The van der Waals surface area contributed by atoms with Crippen LogP contribution in [0.4, 0.5) is 10.7 Å². The van der Waals surface area contributed by atoms with Crippen LogP contribution >= 0.6 is 0 Å². The van der Waals surface area contributed by atoms with E-state index < -0.39 is 102 Å². The molecule has 5 heterocycles. The van der Waals surface area contributed by atoms with E-state index in [1.807, 2.05) is 49.1 Å². The molecule has 1 aliphatic carbocycles. The number of ether oxygens (including phenoxy) is 6. The number of nitrogens with zero attached hydrogens (tertiary/aromatic N) is 5. The first-order chi connectivity index (χ1) is 40.0. The van der Waals surface area contributed by atoms with Gasteiger partial charge in [-0.15, -0.1) is 0 Å². The summed E-state index contributed by atoms with van der Waals surface area (Å²) >= 11 is 0. The molecule has 84 heavy (non-hydrogen) atoms. The number of aliphatic hydroxyl groups is 2. The molecule has 1 saturated carbocycles. The van der Waals surface area contributed by atoms with Crippen LogP contribution in [0.15, 0.2) is 60.0 Å². The van der Waals surface area contributed by atoms with Crippen LogP contribution in [0, 0.1) is 29.6 Å². The van der Waals surface area contributed by atoms with Crippen LogP contribution in [0.25, 0.3) is 0 Å². The molecule has 4 fully saturated rings. The van der Waals surface area contributed by atoms with Crippen molar-refractivity contribution in [3.8, 4) is 0 Å². The van der Waals surface area contributed by atoms with E-state index in [9.17, 15) is 43.8 Å². The van der Waals surface area contributed by atoms with Crippen molar-refractivity contribution >= 4 is 47.2 Å². The molecule has 1 aromatic rings. The molecular formula is C62H93N7O15. The van der Waals surface area contributed by atoms with Gasteiger partial charge in [0.05, 0.1) is 18.3 Å². The maximum Gasteiger partial charge on any atom is 0.407 e. The monoisotopic (exact) mass is 1180 g/mol. The normalized spacial score (nSPS) is 34.9. The number of rotatable bonds is 10. The smallest absolute Gasteiger partial charge is 0.407 e. The second-order valence-corrected chi connectivity index (χ2v) is 23.9. The molecule has 15 atom stereocenters. The van der Waals surface area contributed by atoms with Gasteiger partial charge in [-0.1, -0.05) is 64.2 Å². The predicted molar refractivity (Wildman–Crippen MR) is 312 cm³/mol. The number of anilines is 1. The summed E-state index contributed by atoms with van der Waals surface area (Å²) in [4.78, 5) is 110. The molecule has 0 aromatic carbocycles. The zero-order valence-corrected chi connectivity index (χ0v) is 50.9. The lowest BCUT2D eigenvalue weighted by molar-refractivity contribution is -0.265. The number of piperidine rings is 1. The van der Waals surface area contributed by atoms with Gasteiger partial charge in [0.15, 0.2) is 5.78 Å². The number of Topliss-reactive ketones (excluding diaryl/α,β-unsaturated/α-hetero) is 3. The van der Waals surface area contributed by atoms with E-state index in [1.54, 1.807) is 65.1 Å². The molecule has 22 nitrogen and oxygen atoms in total. The Morgan fingerprint density at radius 2 is 1.56 bits per heavy atom. The van der Waals surface area contributed by atoms with Gasteiger partial charge in [0, 0.05) is 122 Å². The number of hydrogen-bond donors (Lipinski definition) is 4. The number of fused-ring (bicyclic) bond motifs is 3. The van der Waals surface area contributed by atoms with Crippen molar-refractivity contribution in [1.82, 2.24) is 25.1 Å². The van der Waals surface area contributed by atoms with Crippen molar-refractivity contribution in [3.63, 3.8) is 0 Å². The largest absolute Gasteiger partial charge is 0.459 e. The second kappa shape index (κ2) is 31.6. The number of nitrogens with one attached hydrogen (secondary N) is 1. The summed E-state index contributed by atoms with van der Waals surface area (Å²) in [6, 6.07) is -2.19. The number of aromatic nitrogens is 2. The first-order valence-corrected chi connectivity index (χ1v) is 30.0. The standard InChI is InChI=1S/C62H93N7O15/c1-37-16-12-11-13-17-38(2)51(79-8)32-46-21-19-42(6)62(78,84-46)57(74)58(75)69-23-15-14-18-48(69)59(76)82-52(33-49(71)39(3)29-41(5)55(73)56(81-10)54(72)40(4)28-37)47(63)30-44-20-22-50(53(31-44)80-9)83-61(77)66-36-45-34-64-60(65-35-45)68-26-24-67(25-27-68)43(7)70/h11-13,16-17,29,34-35,37,39-40,42,44,46-48,50-53,55-56,73,78H,14-15,18-28,30-33,36,63H2,1-10H3,(H,66,77)/b13-11+,16-12+,38-17+,41-29+/t37-,39-,40-,42-,44+,46+,47-,48+,50-,51+,52+,53-,55-,56+,62-/m1/s1. The summed E-state index contributed by atoms with van der Waals surface area (Å²) in [5, 5.41) is 26.4. The van der Waals surface area contributed by atoms with Gasteiger partial charge < -0.3 is 64.4 Å². The number of carbonyl (C=O) groups is 7. The SMILES string of the molecule is CO[C@H]1C[C@@H]2CC[C@@H](C)[C@@](O)(O2)C(=O)C(=O)N2CCCC[C@H]2C(=O)O[C@H]([C@H](N)C[C@@H]2CC[C@@H](OC(=O)NCc3cnc(N4CCN(C(C)=O)CC4)nc3)[C@H](OC)C2)CC(=O)[C@H](C)/C=C(\C)[C@@H](O)[C@@H](OC)C(=O)[C@H](C)C[C@H](C)/C=C/C=C/C=C/1C. The zero-order valence-electron chi connectivity index (χ0n) is 50.9. The lowest BCUT2D eigenvalue weighted by Crippen LogP contribution is -2.61. The molecule has 3 amide bonds. The van der Waals surface area contributed by atoms with E-state index in [2.05, 4.69) is 15.3 Å². The molecule has 1 aromatic heterocycles.